The normalized spacial score (nSPS) is 14.9. The van der Waals surface area contributed by atoms with E-state index in [4.69, 9.17) is 14.7 Å². The zero-order valence-electron chi connectivity index (χ0n) is 22.5. The lowest BCUT2D eigenvalue weighted by Gasteiger charge is -2.33. The first-order valence-corrected chi connectivity index (χ1v) is 13.1. The van der Waals surface area contributed by atoms with E-state index in [2.05, 4.69) is 48.6 Å². The Labute approximate surface area is 220 Å². The molecule has 1 aliphatic heterocycles. The van der Waals surface area contributed by atoms with Crippen molar-refractivity contribution in [2.45, 2.75) is 71.5 Å². The van der Waals surface area contributed by atoms with Crippen molar-refractivity contribution in [2.24, 2.45) is 5.92 Å². The summed E-state index contributed by atoms with van der Waals surface area (Å²) in [6.45, 7) is 9.03. The number of carbonyl (C=O) groups is 2. The molecular weight excluding hydrogens is 466 g/mol. The summed E-state index contributed by atoms with van der Waals surface area (Å²) < 4.78 is 11.7. The molecule has 2 amide bonds. The highest BCUT2D eigenvalue weighted by atomic mass is 16.6. The third kappa shape index (κ3) is 9.45. The molecule has 1 saturated heterocycles. The van der Waals surface area contributed by atoms with Crippen LogP contribution < -0.4 is 10.1 Å². The topological polar surface area (TPSA) is 91.7 Å². The number of piperidine rings is 1. The monoisotopic (exact) mass is 505 g/mol. The van der Waals surface area contributed by atoms with Gasteiger partial charge in [-0.3, -0.25) is 4.79 Å². The lowest BCUT2D eigenvalue weighted by molar-refractivity contribution is -0.121. The van der Waals surface area contributed by atoms with Gasteiger partial charge in [0.2, 0.25) is 5.91 Å². The van der Waals surface area contributed by atoms with Gasteiger partial charge in [-0.15, -0.1) is 0 Å². The zero-order chi connectivity index (χ0) is 26.8. The van der Waals surface area contributed by atoms with E-state index in [9.17, 15) is 9.59 Å². The van der Waals surface area contributed by atoms with Gasteiger partial charge in [0.05, 0.1) is 6.07 Å². The fourth-order valence-corrected chi connectivity index (χ4v) is 4.35. The molecule has 0 aromatic heterocycles. The number of nitrogens with zero attached hydrogens (tertiary/aromatic N) is 2. The summed E-state index contributed by atoms with van der Waals surface area (Å²) >= 11 is 0. The third-order valence-corrected chi connectivity index (χ3v) is 6.34. The summed E-state index contributed by atoms with van der Waals surface area (Å²) in [5.74, 6) is 1.01. The van der Waals surface area contributed by atoms with E-state index in [1.165, 1.54) is 5.56 Å². The molecule has 1 aliphatic rings. The van der Waals surface area contributed by atoms with Crippen molar-refractivity contribution < 1.29 is 19.1 Å². The molecule has 1 fully saturated rings. The van der Waals surface area contributed by atoms with Crippen molar-refractivity contribution in [1.29, 1.82) is 5.26 Å². The van der Waals surface area contributed by atoms with E-state index < -0.39 is 5.60 Å². The molecule has 198 valence electrons. The summed E-state index contributed by atoms with van der Waals surface area (Å²) in [6, 6.07) is 18.6. The molecule has 1 heterocycles. The van der Waals surface area contributed by atoms with E-state index in [0.29, 0.717) is 19.5 Å². The summed E-state index contributed by atoms with van der Waals surface area (Å²) in [5.41, 5.74) is 3.02. The van der Waals surface area contributed by atoms with Crippen LogP contribution in [0.1, 0.15) is 58.9 Å². The minimum absolute atomic E-state index is 0.0603. The van der Waals surface area contributed by atoms with E-state index in [1.807, 2.05) is 39.0 Å². The first-order chi connectivity index (χ1) is 17.6. The molecule has 3 rings (SSSR count). The molecule has 0 bridgehead atoms. The fraction of sp³-hybridized carbons (Fsp3) is 0.500. The number of benzene rings is 2. The Morgan fingerprint density at radius 1 is 1.11 bits per heavy atom. The van der Waals surface area contributed by atoms with Gasteiger partial charge < -0.3 is 19.7 Å². The Kier molecular flexibility index (Phi) is 9.96. The van der Waals surface area contributed by atoms with Crippen LogP contribution in [-0.4, -0.2) is 48.2 Å². The molecule has 0 radical (unpaired) electrons. The van der Waals surface area contributed by atoms with E-state index in [0.717, 1.165) is 42.6 Å². The standard InChI is InChI=1S/C30H39N3O4/c1-22(20-28(34)32-17-16-31)8-9-23-6-5-7-25(21-23)24-10-12-26(13-11-24)36-27-14-18-33(19-15-27)29(35)37-30(2,3)4/h5-7,10-13,21-22,27H,8-9,14-15,17-20H2,1-4H3,(H,32,34). The molecule has 2 aromatic carbocycles. The van der Waals surface area contributed by atoms with Crippen LogP contribution in [-0.2, 0) is 16.0 Å². The smallest absolute Gasteiger partial charge is 0.410 e. The lowest BCUT2D eigenvalue weighted by Crippen LogP contribution is -2.44. The largest absolute Gasteiger partial charge is 0.490 e. The van der Waals surface area contributed by atoms with E-state index in [1.54, 1.807) is 4.90 Å². The number of rotatable bonds is 9. The van der Waals surface area contributed by atoms with Gasteiger partial charge in [-0.1, -0.05) is 43.3 Å². The SMILES string of the molecule is CC(CCc1cccc(-c2ccc(OC3CCN(C(=O)OC(C)(C)C)CC3)cc2)c1)CC(=O)NCC#N. The average Bonchev–Trinajstić information content (AvgIpc) is 2.86. The molecule has 37 heavy (non-hydrogen) atoms. The van der Waals surface area contributed by atoms with Crippen LogP contribution in [0.15, 0.2) is 48.5 Å². The maximum absolute atomic E-state index is 12.3. The molecule has 0 saturated carbocycles. The van der Waals surface area contributed by atoms with Gasteiger partial charge in [-0.2, -0.15) is 5.26 Å². The predicted octanol–water partition coefficient (Wildman–Crippen LogP) is 5.73. The quantitative estimate of drug-likeness (QED) is 0.440. The maximum atomic E-state index is 12.3. The zero-order valence-corrected chi connectivity index (χ0v) is 22.5. The van der Waals surface area contributed by atoms with Crippen LogP contribution in [0, 0.1) is 17.2 Å². The van der Waals surface area contributed by atoms with Crippen molar-refractivity contribution in [2.75, 3.05) is 19.6 Å². The van der Waals surface area contributed by atoms with Gasteiger partial charge in [-0.25, -0.2) is 4.79 Å². The Bertz CT molecular complexity index is 1080. The summed E-state index contributed by atoms with van der Waals surface area (Å²) in [7, 11) is 0. The average molecular weight is 506 g/mol. The highest BCUT2D eigenvalue weighted by Gasteiger charge is 2.27. The van der Waals surface area contributed by atoms with Crippen LogP contribution in [0.25, 0.3) is 11.1 Å². The molecule has 2 aromatic rings. The van der Waals surface area contributed by atoms with Crippen LogP contribution in [0.3, 0.4) is 0 Å². The summed E-state index contributed by atoms with van der Waals surface area (Å²) in [6.07, 6.45) is 3.61. The van der Waals surface area contributed by atoms with Crippen LogP contribution in [0.4, 0.5) is 4.79 Å². The number of hydrogen-bond donors (Lipinski definition) is 1. The Balaban J connectivity index is 1.48. The first-order valence-electron chi connectivity index (χ1n) is 13.1. The van der Waals surface area contributed by atoms with E-state index >= 15 is 0 Å². The Morgan fingerprint density at radius 3 is 2.46 bits per heavy atom. The number of hydrogen-bond acceptors (Lipinski definition) is 5. The second-order valence-electron chi connectivity index (χ2n) is 10.8. The molecule has 7 heteroatoms. The molecule has 1 unspecified atom stereocenters. The highest BCUT2D eigenvalue weighted by molar-refractivity contribution is 5.76. The number of ether oxygens (including phenoxy) is 2. The van der Waals surface area contributed by atoms with Gasteiger partial charge >= 0.3 is 6.09 Å². The van der Waals surface area contributed by atoms with Crippen LogP contribution >= 0.6 is 0 Å². The maximum Gasteiger partial charge on any atom is 0.410 e. The lowest BCUT2D eigenvalue weighted by atomic mass is 9.95. The molecular formula is C30H39N3O4. The second-order valence-corrected chi connectivity index (χ2v) is 10.8. The van der Waals surface area contributed by atoms with Crippen molar-refractivity contribution >= 4 is 12.0 Å². The summed E-state index contributed by atoms with van der Waals surface area (Å²) in [4.78, 5) is 25.8. The van der Waals surface area contributed by atoms with Crippen molar-refractivity contribution in [1.82, 2.24) is 10.2 Å². The fourth-order valence-electron chi connectivity index (χ4n) is 4.35. The van der Waals surface area contributed by atoms with Crippen molar-refractivity contribution in [3.8, 4) is 22.9 Å². The van der Waals surface area contributed by atoms with Crippen LogP contribution in [0.5, 0.6) is 5.75 Å². The van der Waals surface area contributed by atoms with Gasteiger partial charge in [0.1, 0.15) is 24.0 Å². The minimum atomic E-state index is -0.485. The van der Waals surface area contributed by atoms with Crippen molar-refractivity contribution in [3.05, 3.63) is 54.1 Å². The first kappa shape index (κ1) is 28.0. The third-order valence-electron chi connectivity index (χ3n) is 6.34. The number of nitrogens with one attached hydrogen (secondary N) is 1. The molecule has 0 aliphatic carbocycles. The number of nitriles is 1. The van der Waals surface area contributed by atoms with Gasteiger partial charge in [-0.05, 0) is 68.4 Å². The predicted molar refractivity (Wildman–Crippen MR) is 144 cm³/mol. The molecule has 1 N–H and O–H groups in total. The number of carbonyl (C=O) groups excluding carboxylic acids is 2. The Hall–Kier alpha value is -3.53. The number of amides is 2. The molecule has 7 nitrogen and oxygen atoms in total. The molecule has 0 spiro atoms. The van der Waals surface area contributed by atoms with Crippen molar-refractivity contribution in [3.63, 3.8) is 0 Å². The Morgan fingerprint density at radius 2 is 1.81 bits per heavy atom. The van der Waals surface area contributed by atoms with Crippen LogP contribution in [0.2, 0.25) is 0 Å². The number of likely N-dealkylation sites (tertiary alicyclic amines) is 1. The highest BCUT2D eigenvalue weighted by Crippen LogP contribution is 2.26. The number of aryl methyl sites for hydroxylation is 1. The van der Waals surface area contributed by atoms with Gasteiger partial charge in [0, 0.05) is 32.4 Å². The second kappa shape index (κ2) is 13.1. The summed E-state index contributed by atoms with van der Waals surface area (Å²) in [5, 5.41) is 11.2. The van der Waals surface area contributed by atoms with E-state index in [-0.39, 0.29) is 30.6 Å². The minimum Gasteiger partial charge on any atom is -0.490 e. The van der Waals surface area contributed by atoms with Gasteiger partial charge in [0.25, 0.3) is 0 Å². The molecule has 1 atom stereocenters. The van der Waals surface area contributed by atoms with Gasteiger partial charge in [0.15, 0.2) is 0 Å².